The molecule has 0 aliphatic carbocycles. The number of hydrogen-bond acceptors (Lipinski definition) is 4. The molecule has 0 atom stereocenters. The zero-order valence-corrected chi connectivity index (χ0v) is 11.2. The minimum absolute atomic E-state index is 0.216. The molecule has 7 heteroatoms. The summed E-state index contributed by atoms with van der Waals surface area (Å²) in [5.74, 6) is -0.568. The van der Waals surface area contributed by atoms with E-state index < -0.39 is 20.7 Å². The van der Waals surface area contributed by atoms with E-state index in [0.717, 1.165) is 25.0 Å². The lowest BCUT2D eigenvalue weighted by Gasteiger charge is -2.22. The molecule has 3 N–H and O–H groups in total. The second-order valence-electron chi connectivity index (χ2n) is 4.60. The van der Waals surface area contributed by atoms with Crippen molar-refractivity contribution in [1.29, 1.82) is 0 Å². The highest BCUT2D eigenvalue weighted by Crippen LogP contribution is 2.19. The maximum Gasteiger partial charge on any atom is 0.243 e. The van der Waals surface area contributed by atoms with E-state index in [1.807, 2.05) is 0 Å². The quantitative estimate of drug-likeness (QED) is 0.813. The zero-order valence-electron chi connectivity index (χ0n) is 10.4. The Morgan fingerprint density at radius 3 is 2.74 bits per heavy atom. The van der Waals surface area contributed by atoms with E-state index in [-0.39, 0.29) is 11.6 Å². The van der Waals surface area contributed by atoms with Crippen LogP contribution in [0.3, 0.4) is 0 Å². The third-order valence-electron chi connectivity index (χ3n) is 3.15. The minimum atomic E-state index is -3.86. The van der Waals surface area contributed by atoms with Gasteiger partial charge in [0.15, 0.2) is 0 Å². The van der Waals surface area contributed by atoms with Gasteiger partial charge >= 0.3 is 0 Å². The molecule has 1 aromatic carbocycles. The predicted molar refractivity (Wildman–Crippen MR) is 69.5 cm³/mol. The van der Waals surface area contributed by atoms with Crippen LogP contribution in [-0.2, 0) is 14.8 Å². The summed E-state index contributed by atoms with van der Waals surface area (Å²) >= 11 is 0. The number of benzene rings is 1. The van der Waals surface area contributed by atoms with Gasteiger partial charge in [-0.25, -0.2) is 17.5 Å². The van der Waals surface area contributed by atoms with E-state index in [1.165, 1.54) is 6.07 Å². The number of nitrogens with two attached hydrogens (primary N) is 1. The number of nitrogens with one attached hydrogen (secondary N) is 1. The molecular formula is C12H17FN2O3S. The molecule has 0 bridgehead atoms. The van der Waals surface area contributed by atoms with E-state index in [0.29, 0.717) is 19.8 Å². The zero-order chi connectivity index (χ0) is 13.9. The molecule has 1 aromatic rings. The SMILES string of the molecule is Nc1ccc(F)c(S(=O)(=O)NCC2CCOCC2)c1. The van der Waals surface area contributed by atoms with Crippen LogP contribution >= 0.6 is 0 Å². The van der Waals surface area contributed by atoms with Gasteiger partial charge in [-0.2, -0.15) is 0 Å². The molecule has 0 saturated carbocycles. The Morgan fingerprint density at radius 1 is 1.37 bits per heavy atom. The van der Waals surface area contributed by atoms with Crippen molar-refractivity contribution in [3.8, 4) is 0 Å². The van der Waals surface area contributed by atoms with Gasteiger partial charge in [0.25, 0.3) is 0 Å². The summed E-state index contributed by atoms with van der Waals surface area (Å²) < 4.78 is 45.2. The van der Waals surface area contributed by atoms with E-state index >= 15 is 0 Å². The second-order valence-corrected chi connectivity index (χ2v) is 6.33. The van der Waals surface area contributed by atoms with Crippen molar-refractivity contribution in [2.45, 2.75) is 17.7 Å². The molecule has 2 rings (SSSR count). The van der Waals surface area contributed by atoms with Crippen LogP contribution in [0, 0.1) is 11.7 Å². The van der Waals surface area contributed by atoms with Crippen molar-refractivity contribution in [3.05, 3.63) is 24.0 Å². The lowest BCUT2D eigenvalue weighted by molar-refractivity contribution is 0.0678. The van der Waals surface area contributed by atoms with Gasteiger partial charge in [0.2, 0.25) is 10.0 Å². The highest BCUT2D eigenvalue weighted by molar-refractivity contribution is 7.89. The minimum Gasteiger partial charge on any atom is -0.399 e. The van der Waals surface area contributed by atoms with Gasteiger partial charge in [0, 0.05) is 25.4 Å². The first-order valence-electron chi connectivity index (χ1n) is 6.11. The number of nitrogen functional groups attached to an aromatic ring is 1. The highest BCUT2D eigenvalue weighted by atomic mass is 32.2. The van der Waals surface area contributed by atoms with Crippen LogP contribution in [0.4, 0.5) is 10.1 Å². The molecule has 5 nitrogen and oxygen atoms in total. The summed E-state index contributed by atoms with van der Waals surface area (Å²) in [4.78, 5) is -0.403. The van der Waals surface area contributed by atoms with Crippen molar-refractivity contribution in [3.63, 3.8) is 0 Å². The molecule has 1 aliphatic rings. The molecule has 1 aliphatic heterocycles. The Labute approximate surface area is 112 Å². The third-order valence-corrected chi connectivity index (χ3v) is 4.59. The fraction of sp³-hybridized carbons (Fsp3) is 0.500. The second kappa shape index (κ2) is 5.85. The average molecular weight is 288 g/mol. The normalized spacial score (nSPS) is 17.5. The van der Waals surface area contributed by atoms with Crippen molar-refractivity contribution in [2.75, 3.05) is 25.5 Å². The van der Waals surface area contributed by atoms with E-state index in [1.54, 1.807) is 0 Å². The Balaban J connectivity index is 2.07. The van der Waals surface area contributed by atoms with Crippen LogP contribution in [0.25, 0.3) is 0 Å². The van der Waals surface area contributed by atoms with E-state index in [2.05, 4.69) is 4.72 Å². The third kappa shape index (κ3) is 3.65. The highest BCUT2D eigenvalue weighted by Gasteiger charge is 2.22. The topological polar surface area (TPSA) is 81.4 Å². The summed E-state index contributed by atoms with van der Waals surface area (Å²) in [5.41, 5.74) is 5.70. The molecule has 0 radical (unpaired) electrons. The van der Waals surface area contributed by atoms with Crippen LogP contribution in [0.2, 0.25) is 0 Å². The molecular weight excluding hydrogens is 271 g/mol. The maximum absolute atomic E-state index is 13.5. The largest absolute Gasteiger partial charge is 0.399 e. The Hall–Kier alpha value is -1.18. The van der Waals surface area contributed by atoms with E-state index in [9.17, 15) is 12.8 Å². The van der Waals surface area contributed by atoms with Crippen LogP contribution in [0.5, 0.6) is 0 Å². The standard InChI is InChI=1S/C12H17FN2O3S/c13-11-2-1-10(14)7-12(11)19(16,17)15-8-9-3-5-18-6-4-9/h1-2,7,9,15H,3-6,8,14H2. The molecule has 0 spiro atoms. The smallest absolute Gasteiger partial charge is 0.243 e. The van der Waals surface area contributed by atoms with Gasteiger partial charge in [-0.05, 0) is 37.0 Å². The molecule has 106 valence electrons. The lowest BCUT2D eigenvalue weighted by atomic mass is 10.0. The van der Waals surface area contributed by atoms with Gasteiger partial charge in [0.1, 0.15) is 10.7 Å². The molecule has 0 aromatic heterocycles. The van der Waals surface area contributed by atoms with Crippen molar-refractivity contribution >= 4 is 15.7 Å². The van der Waals surface area contributed by atoms with Gasteiger partial charge in [0.05, 0.1) is 0 Å². The average Bonchev–Trinajstić information content (AvgIpc) is 2.40. The van der Waals surface area contributed by atoms with E-state index in [4.69, 9.17) is 10.5 Å². The van der Waals surface area contributed by atoms with Crippen molar-refractivity contribution < 1.29 is 17.5 Å². The summed E-state index contributed by atoms with van der Waals surface area (Å²) in [6.45, 7) is 1.57. The fourth-order valence-electron chi connectivity index (χ4n) is 1.98. The Morgan fingerprint density at radius 2 is 2.05 bits per heavy atom. The lowest BCUT2D eigenvalue weighted by Crippen LogP contribution is -2.32. The molecule has 1 heterocycles. The number of hydrogen-bond donors (Lipinski definition) is 2. The fourth-order valence-corrected chi connectivity index (χ4v) is 3.21. The number of anilines is 1. The van der Waals surface area contributed by atoms with Crippen LogP contribution in [0.15, 0.2) is 23.1 Å². The van der Waals surface area contributed by atoms with Crippen LogP contribution in [0.1, 0.15) is 12.8 Å². The van der Waals surface area contributed by atoms with Gasteiger partial charge in [-0.3, -0.25) is 0 Å². The van der Waals surface area contributed by atoms with Gasteiger partial charge < -0.3 is 10.5 Å². The summed E-state index contributed by atoms with van der Waals surface area (Å²) in [6, 6.07) is 3.51. The first-order chi connectivity index (χ1) is 8.99. The molecule has 1 fully saturated rings. The van der Waals surface area contributed by atoms with Crippen LogP contribution < -0.4 is 10.5 Å². The maximum atomic E-state index is 13.5. The number of rotatable bonds is 4. The number of sulfonamides is 1. The van der Waals surface area contributed by atoms with Gasteiger partial charge in [-0.1, -0.05) is 0 Å². The monoisotopic (exact) mass is 288 g/mol. The summed E-state index contributed by atoms with van der Waals surface area (Å²) in [5, 5.41) is 0. The first kappa shape index (κ1) is 14.2. The summed E-state index contributed by atoms with van der Waals surface area (Å²) in [6.07, 6.45) is 1.61. The number of halogens is 1. The van der Waals surface area contributed by atoms with Crippen LogP contribution in [-0.4, -0.2) is 28.2 Å². The Bertz CT molecular complexity index is 542. The Kier molecular flexibility index (Phi) is 4.38. The molecule has 1 saturated heterocycles. The van der Waals surface area contributed by atoms with Gasteiger partial charge in [-0.15, -0.1) is 0 Å². The first-order valence-corrected chi connectivity index (χ1v) is 7.60. The summed E-state index contributed by atoms with van der Waals surface area (Å²) in [7, 11) is -3.86. The van der Waals surface area contributed by atoms with Crippen molar-refractivity contribution in [2.24, 2.45) is 5.92 Å². The number of ether oxygens (including phenoxy) is 1. The van der Waals surface area contributed by atoms with Crippen molar-refractivity contribution in [1.82, 2.24) is 4.72 Å². The molecule has 0 amide bonds. The predicted octanol–water partition coefficient (Wildman–Crippen LogP) is 1.11. The molecule has 0 unspecified atom stereocenters. The molecule has 19 heavy (non-hydrogen) atoms.